The smallest absolute Gasteiger partial charge is 0.0163 e. The third-order valence-electron chi connectivity index (χ3n) is 3.49. The van der Waals surface area contributed by atoms with Gasteiger partial charge in [0, 0.05) is 0 Å². The number of benzene rings is 2. The van der Waals surface area contributed by atoms with Gasteiger partial charge in [-0.05, 0) is 62.2 Å². The number of aryl methyl sites for hydroxylation is 3. The average molecular weight is 256 g/mol. The van der Waals surface area contributed by atoms with Crippen molar-refractivity contribution in [2.24, 2.45) is 0 Å². The Morgan fingerprint density at radius 3 is 2.06 bits per heavy atom. The molecule has 0 aliphatic rings. The second-order valence-electron chi connectivity index (χ2n) is 4.80. The maximum Gasteiger partial charge on any atom is -0.0163 e. The summed E-state index contributed by atoms with van der Waals surface area (Å²) >= 11 is 0. The van der Waals surface area contributed by atoms with Crippen LogP contribution in [-0.4, -0.2) is 6.16 Å². The highest BCUT2D eigenvalue weighted by atomic mass is 31.1. The van der Waals surface area contributed by atoms with Crippen molar-refractivity contribution >= 4 is 18.5 Å². The van der Waals surface area contributed by atoms with Crippen LogP contribution in [0.5, 0.6) is 0 Å². The number of hydrogen-bond donors (Lipinski definition) is 0. The SMILES string of the molecule is CCP(c1ccccc1)c1cc(C)c(C)cc1C. The summed E-state index contributed by atoms with van der Waals surface area (Å²) in [5.41, 5.74) is 4.25. The minimum Gasteiger partial charge on any atom is -0.0622 e. The molecule has 2 aromatic carbocycles. The Morgan fingerprint density at radius 1 is 0.833 bits per heavy atom. The van der Waals surface area contributed by atoms with Crippen molar-refractivity contribution in [1.29, 1.82) is 0 Å². The quantitative estimate of drug-likeness (QED) is 0.726. The monoisotopic (exact) mass is 256 g/mol. The molecule has 0 nitrogen and oxygen atoms in total. The summed E-state index contributed by atoms with van der Waals surface area (Å²) < 4.78 is 0. The molecule has 1 atom stereocenters. The molecule has 2 rings (SSSR count). The lowest BCUT2D eigenvalue weighted by Gasteiger charge is -2.20. The fraction of sp³-hybridized carbons (Fsp3) is 0.294. The van der Waals surface area contributed by atoms with E-state index in [2.05, 4.69) is 70.2 Å². The third-order valence-corrected chi connectivity index (χ3v) is 6.10. The van der Waals surface area contributed by atoms with E-state index in [1.54, 1.807) is 5.30 Å². The molecule has 18 heavy (non-hydrogen) atoms. The molecule has 1 heteroatoms. The summed E-state index contributed by atoms with van der Waals surface area (Å²) in [5.74, 6) is 0. The molecule has 0 aliphatic carbocycles. The Labute approximate surface area is 112 Å². The van der Waals surface area contributed by atoms with E-state index in [0.717, 1.165) is 0 Å². The van der Waals surface area contributed by atoms with Gasteiger partial charge in [0.15, 0.2) is 0 Å². The topological polar surface area (TPSA) is 0 Å². The molecule has 0 amide bonds. The molecular weight excluding hydrogens is 235 g/mol. The molecule has 0 fully saturated rings. The zero-order chi connectivity index (χ0) is 13.1. The van der Waals surface area contributed by atoms with Gasteiger partial charge in [-0.25, -0.2) is 0 Å². The Morgan fingerprint density at radius 2 is 1.44 bits per heavy atom. The van der Waals surface area contributed by atoms with Gasteiger partial charge in [0.25, 0.3) is 0 Å². The van der Waals surface area contributed by atoms with Gasteiger partial charge in [0.05, 0.1) is 0 Å². The highest BCUT2D eigenvalue weighted by molar-refractivity contribution is 7.73. The van der Waals surface area contributed by atoms with E-state index in [1.807, 2.05) is 0 Å². The first-order valence-corrected chi connectivity index (χ1v) is 8.06. The molecule has 1 unspecified atom stereocenters. The van der Waals surface area contributed by atoms with Crippen LogP contribution < -0.4 is 10.6 Å². The Bertz CT molecular complexity index is 529. The van der Waals surface area contributed by atoms with Crippen molar-refractivity contribution in [2.45, 2.75) is 27.7 Å². The molecule has 94 valence electrons. The molecular formula is C17H21P. The largest absolute Gasteiger partial charge is 0.0622 e. The second kappa shape index (κ2) is 5.67. The highest BCUT2D eigenvalue weighted by Crippen LogP contribution is 2.34. The van der Waals surface area contributed by atoms with Crippen molar-refractivity contribution in [2.75, 3.05) is 6.16 Å². The minimum absolute atomic E-state index is 0.198. The highest BCUT2D eigenvalue weighted by Gasteiger charge is 2.14. The minimum atomic E-state index is -0.198. The van der Waals surface area contributed by atoms with Crippen molar-refractivity contribution in [3.05, 3.63) is 59.2 Å². The van der Waals surface area contributed by atoms with Crippen molar-refractivity contribution < 1.29 is 0 Å². The predicted octanol–water partition coefficient (Wildman–Crippen LogP) is 4.06. The Kier molecular flexibility index (Phi) is 4.19. The van der Waals surface area contributed by atoms with Gasteiger partial charge in [0.1, 0.15) is 0 Å². The molecule has 0 aliphatic heterocycles. The maximum atomic E-state index is 2.40. The van der Waals surface area contributed by atoms with E-state index in [1.165, 1.54) is 28.2 Å². The van der Waals surface area contributed by atoms with Crippen LogP contribution >= 0.6 is 7.92 Å². The molecule has 0 spiro atoms. The van der Waals surface area contributed by atoms with Gasteiger partial charge >= 0.3 is 0 Å². The fourth-order valence-electron chi connectivity index (χ4n) is 2.34. The van der Waals surface area contributed by atoms with E-state index >= 15 is 0 Å². The lowest BCUT2D eigenvalue weighted by Crippen LogP contribution is -2.16. The predicted molar refractivity (Wildman–Crippen MR) is 83.8 cm³/mol. The standard InChI is InChI=1S/C17H21P/c1-5-18(16-9-7-6-8-10-16)17-12-14(3)13(2)11-15(17)4/h6-12H,5H2,1-4H3. The van der Waals surface area contributed by atoms with Crippen molar-refractivity contribution in [1.82, 2.24) is 0 Å². The molecule has 0 aromatic heterocycles. The lowest BCUT2D eigenvalue weighted by atomic mass is 10.1. The first-order chi connectivity index (χ1) is 8.63. The number of rotatable bonds is 3. The Balaban J connectivity index is 2.49. The van der Waals surface area contributed by atoms with E-state index in [9.17, 15) is 0 Å². The maximum absolute atomic E-state index is 2.40. The zero-order valence-corrected chi connectivity index (χ0v) is 12.6. The summed E-state index contributed by atoms with van der Waals surface area (Å²) in [5, 5.41) is 3.03. The first-order valence-electron chi connectivity index (χ1n) is 6.54. The van der Waals surface area contributed by atoms with Crippen LogP contribution in [0.25, 0.3) is 0 Å². The lowest BCUT2D eigenvalue weighted by molar-refractivity contribution is 1.32. The molecule has 0 saturated heterocycles. The summed E-state index contributed by atoms with van der Waals surface area (Å²) in [4.78, 5) is 0. The molecule has 0 N–H and O–H groups in total. The molecule has 0 heterocycles. The molecule has 0 saturated carbocycles. The third kappa shape index (κ3) is 2.65. The zero-order valence-electron chi connectivity index (χ0n) is 11.7. The average Bonchev–Trinajstić information content (AvgIpc) is 2.38. The van der Waals surface area contributed by atoms with Crippen LogP contribution in [-0.2, 0) is 0 Å². The van der Waals surface area contributed by atoms with Gasteiger partial charge in [0.2, 0.25) is 0 Å². The van der Waals surface area contributed by atoms with Gasteiger partial charge in [-0.3, -0.25) is 0 Å². The normalized spacial score (nSPS) is 12.4. The summed E-state index contributed by atoms with van der Waals surface area (Å²) in [6.07, 6.45) is 1.21. The van der Waals surface area contributed by atoms with Crippen molar-refractivity contribution in [3.63, 3.8) is 0 Å². The van der Waals surface area contributed by atoms with Crippen LogP contribution in [0.15, 0.2) is 42.5 Å². The summed E-state index contributed by atoms with van der Waals surface area (Å²) in [6.45, 7) is 8.96. The molecule has 2 aromatic rings. The van der Waals surface area contributed by atoms with Crippen LogP contribution in [0.4, 0.5) is 0 Å². The summed E-state index contributed by atoms with van der Waals surface area (Å²) in [6, 6.07) is 15.7. The van der Waals surface area contributed by atoms with Crippen molar-refractivity contribution in [3.8, 4) is 0 Å². The summed E-state index contributed by atoms with van der Waals surface area (Å²) in [7, 11) is -0.198. The second-order valence-corrected chi connectivity index (χ2v) is 7.29. The van der Waals surface area contributed by atoms with E-state index < -0.39 is 0 Å². The van der Waals surface area contributed by atoms with Crippen LogP contribution in [0.3, 0.4) is 0 Å². The van der Waals surface area contributed by atoms with E-state index in [-0.39, 0.29) is 7.92 Å². The van der Waals surface area contributed by atoms with E-state index in [4.69, 9.17) is 0 Å². The van der Waals surface area contributed by atoms with Crippen LogP contribution in [0.2, 0.25) is 0 Å². The van der Waals surface area contributed by atoms with E-state index in [0.29, 0.717) is 0 Å². The van der Waals surface area contributed by atoms with Gasteiger partial charge in [-0.1, -0.05) is 49.4 Å². The number of hydrogen-bond acceptors (Lipinski definition) is 0. The van der Waals surface area contributed by atoms with Gasteiger partial charge in [-0.2, -0.15) is 0 Å². The fourth-order valence-corrected chi connectivity index (χ4v) is 4.69. The molecule has 0 radical (unpaired) electrons. The van der Waals surface area contributed by atoms with Crippen LogP contribution in [0.1, 0.15) is 23.6 Å². The first kappa shape index (κ1) is 13.3. The van der Waals surface area contributed by atoms with Crippen LogP contribution in [0, 0.1) is 20.8 Å². The van der Waals surface area contributed by atoms with Gasteiger partial charge < -0.3 is 0 Å². The van der Waals surface area contributed by atoms with Gasteiger partial charge in [-0.15, -0.1) is 0 Å². The molecule has 0 bridgehead atoms. The Hall–Kier alpha value is -1.13.